The van der Waals surface area contributed by atoms with Crippen molar-refractivity contribution < 1.29 is 13.9 Å². The van der Waals surface area contributed by atoms with E-state index in [1.54, 1.807) is 0 Å². The Morgan fingerprint density at radius 3 is 2.43 bits per heavy atom. The molecule has 0 fully saturated rings. The van der Waals surface area contributed by atoms with Crippen LogP contribution in [0.2, 0.25) is 0 Å². The summed E-state index contributed by atoms with van der Waals surface area (Å²) < 4.78 is 18.5. The summed E-state index contributed by atoms with van der Waals surface area (Å²) in [4.78, 5) is 12.0. The zero-order valence-electron chi connectivity index (χ0n) is 12.3. The Kier molecular flexibility index (Phi) is 5.09. The van der Waals surface area contributed by atoms with Crippen molar-refractivity contribution in [3.8, 4) is 5.75 Å². The molecule has 0 heterocycles. The molecule has 0 radical (unpaired) electrons. The quantitative estimate of drug-likeness (QED) is 0.725. The SMILES string of the molecule is CC(C)c1ccccc1OCCC(=O)c1ccc(F)cc1. The van der Waals surface area contributed by atoms with Crippen LogP contribution in [-0.2, 0) is 0 Å². The number of para-hydroxylation sites is 1. The largest absolute Gasteiger partial charge is 0.493 e. The summed E-state index contributed by atoms with van der Waals surface area (Å²) in [5, 5.41) is 0. The second-order valence-corrected chi connectivity index (χ2v) is 5.22. The van der Waals surface area contributed by atoms with Crippen LogP contribution in [0.5, 0.6) is 5.75 Å². The Bertz CT molecular complexity index is 603. The highest BCUT2D eigenvalue weighted by atomic mass is 19.1. The van der Waals surface area contributed by atoms with Gasteiger partial charge in [-0.05, 0) is 41.8 Å². The highest BCUT2D eigenvalue weighted by Crippen LogP contribution is 2.25. The number of carbonyl (C=O) groups is 1. The van der Waals surface area contributed by atoms with Crippen LogP contribution in [0.15, 0.2) is 48.5 Å². The molecule has 3 heteroatoms. The molecule has 110 valence electrons. The molecule has 0 saturated heterocycles. The van der Waals surface area contributed by atoms with Crippen LogP contribution in [0, 0.1) is 5.82 Å². The van der Waals surface area contributed by atoms with Crippen LogP contribution < -0.4 is 4.74 Å². The molecule has 2 rings (SSSR count). The first kappa shape index (κ1) is 15.2. The van der Waals surface area contributed by atoms with Crippen LogP contribution >= 0.6 is 0 Å². The number of ketones is 1. The van der Waals surface area contributed by atoms with Crippen molar-refractivity contribution >= 4 is 5.78 Å². The Labute approximate surface area is 124 Å². The summed E-state index contributed by atoms with van der Waals surface area (Å²) in [5.74, 6) is 0.805. The maximum Gasteiger partial charge on any atom is 0.166 e. The molecule has 0 saturated carbocycles. The van der Waals surface area contributed by atoms with Gasteiger partial charge in [0.1, 0.15) is 11.6 Å². The van der Waals surface area contributed by atoms with Crippen molar-refractivity contribution in [3.63, 3.8) is 0 Å². The normalized spacial score (nSPS) is 10.7. The van der Waals surface area contributed by atoms with E-state index in [1.807, 2.05) is 24.3 Å². The average molecular weight is 286 g/mol. The molecule has 0 aromatic heterocycles. The fraction of sp³-hybridized carbons (Fsp3) is 0.278. The van der Waals surface area contributed by atoms with E-state index in [2.05, 4.69) is 13.8 Å². The fourth-order valence-corrected chi connectivity index (χ4v) is 2.12. The van der Waals surface area contributed by atoms with Gasteiger partial charge in [0.05, 0.1) is 6.61 Å². The first-order valence-corrected chi connectivity index (χ1v) is 7.08. The molecule has 0 spiro atoms. The van der Waals surface area contributed by atoms with Crippen molar-refractivity contribution in [3.05, 3.63) is 65.5 Å². The Hall–Kier alpha value is -2.16. The summed E-state index contributed by atoms with van der Waals surface area (Å²) in [5.41, 5.74) is 1.64. The number of rotatable bonds is 6. The van der Waals surface area contributed by atoms with E-state index in [9.17, 15) is 9.18 Å². The van der Waals surface area contributed by atoms with Gasteiger partial charge in [-0.1, -0.05) is 32.0 Å². The molecule has 0 atom stereocenters. The lowest BCUT2D eigenvalue weighted by molar-refractivity contribution is 0.0962. The molecule has 2 aromatic rings. The Morgan fingerprint density at radius 1 is 1.10 bits per heavy atom. The molecule has 0 aliphatic carbocycles. The standard InChI is InChI=1S/C18H19FO2/c1-13(2)16-5-3-4-6-18(16)21-12-11-17(20)14-7-9-15(19)10-8-14/h3-10,13H,11-12H2,1-2H3. The summed E-state index contributed by atoms with van der Waals surface area (Å²) >= 11 is 0. The van der Waals surface area contributed by atoms with Crippen molar-refractivity contribution in [2.75, 3.05) is 6.61 Å². The number of Topliss-reactive ketones (excluding diaryl/α,β-unsaturated/α-hetero) is 1. The lowest BCUT2D eigenvalue weighted by Crippen LogP contribution is -2.08. The third-order valence-electron chi connectivity index (χ3n) is 3.29. The maximum atomic E-state index is 12.8. The number of carbonyl (C=O) groups excluding carboxylic acids is 1. The van der Waals surface area contributed by atoms with Crippen molar-refractivity contribution in [1.82, 2.24) is 0 Å². The molecule has 0 aliphatic heterocycles. The van der Waals surface area contributed by atoms with Crippen LogP contribution in [0.3, 0.4) is 0 Å². The fourth-order valence-electron chi connectivity index (χ4n) is 2.12. The summed E-state index contributed by atoms with van der Waals surface area (Å²) in [6, 6.07) is 13.4. The van der Waals surface area contributed by atoms with Crippen LogP contribution in [-0.4, -0.2) is 12.4 Å². The molecule has 0 amide bonds. The number of ether oxygens (including phenoxy) is 1. The number of benzene rings is 2. The molecule has 21 heavy (non-hydrogen) atoms. The van der Waals surface area contributed by atoms with Gasteiger partial charge in [-0.2, -0.15) is 0 Å². The van der Waals surface area contributed by atoms with Crippen molar-refractivity contribution in [2.24, 2.45) is 0 Å². The molecule has 0 N–H and O–H groups in total. The van der Waals surface area contributed by atoms with Gasteiger partial charge < -0.3 is 4.74 Å². The number of hydrogen-bond acceptors (Lipinski definition) is 2. The van der Waals surface area contributed by atoms with Crippen molar-refractivity contribution in [1.29, 1.82) is 0 Å². The molecule has 0 bridgehead atoms. The zero-order valence-corrected chi connectivity index (χ0v) is 12.3. The predicted octanol–water partition coefficient (Wildman–Crippen LogP) is 4.60. The minimum Gasteiger partial charge on any atom is -0.493 e. The lowest BCUT2D eigenvalue weighted by Gasteiger charge is -2.13. The first-order valence-electron chi connectivity index (χ1n) is 7.08. The van der Waals surface area contributed by atoms with Crippen LogP contribution in [0.1, 0.15) is 42.1 Å². The molecular weight excluding hydrogens is 267 g/mol. The van der Waals surface area contributed by atoms with Gasteiger partial charge in [-0.3, -0.25) is 4.79 Å². The maximum absolute atomic E-state index is 12.8. The molecule has 0 unspecified atom stereocenters. The highest BCUT2D eigenvalue weighted by molar-refractivity contribution is 5.96. The van der Waals surface area contributed by atoms with E-state index in [0.717, 1.165) is 11.3 Å². The van der Waals surface area contributed by atoms with E-state index in [4.69, 9.17) is 4.74 Å². The van der Waals surface area contributed by atoms with Crippen LogP contribution in [0.4, 0.5) is 4.39 Å². The molecule has 0 aliphatic rings. The second-order valence-electron chi connectivity index (χ2n) is 5.22. The topological polar surface area (TPSA) is 26.3 Å². The number of hydrogen-bond donors (Lipinski definition) is 0. The molecular formula is C18H19FO2. The van der Waals surface area contributed by atoms with Crippen molar-refractivity contribution in [2.45, 2.75) is 26.2 Å². The van der Waals surface area contributed by atoms with Gasteiger partial charge in [0, 0.05) is 12.0 Å². The third kappa shape index (κ3) is 4.15. The second kappa shape index (κ2) is 7.02. The average Bonchev–Trinajstić information content (AvgIpc) is 2.48. The highest BCUT2D eigenvalue weighted by Gasteiger charge is 2.09. The monoisotopic (exact) mass is 286 g/mol. The minimum atomic E-state index is -0.339. The number of halogens is 1. The zero-order chi connectivity index (χ0) is 15.2. The van der Waals surface area contributed by atoms with E-state index < -0.39 is 0 Å². The van der Waals surface area contributed by atoms with E-state index in [1.165, 1.54) is 24.3 Å². The van der Waals surface area contributed by atoms with E-state index >= 15 is 0 Å². The first-order chi connectivity index (χ1) is 10.1. The summed E-state index contributed by atoms with van der Waals surface area (Å²) in [6.45, 7) is 4.53. The van der Waals surface area contributed by atoms with Gasteiger partial charge >= 0.3 is 0 Å². The van der Waals surface area contributed by atoms with Gasteiger partial charge in [0.15, 0.2) is 5.78 Å². The minimum absolute atomic E-state index is 0.0444. The third-order valence-corrected chi connectivity index (χ3v) is 3.29. The lowest BCUT2D eigenvalue weighted by atomic mass is 10.0. The van der Waals surface area contributed by atoms with Gasteiger partial charge in [-0.25, -0.2) is 4.39 Å². The Morgan fingerprint density at radius 2 is 1.76 bits per heavy atom. The van der Waals surface area contributed by atoms with Gasteiger partial charge in [0.25, 0.3) is 0 Å². The van der Waals surface area contributed by atoms with Crippen LogP contribution in [0.25, 0.3) is 0 Å². The van der Waals surface area contributed by atoms with Gasteiger partial charge in [0.2, 0.25) is 0 Å². The smallest absolute Gasteiger partial charge is 0.166 e. The summed E-state index contributed by atoms with van der Waals surface area (Å²) in [7, 11) is 0. The predicted molar refractivity (Wildman–Crippen MR) is 81.4 cm³/mol. The summed E-state index contributed by atoms with van der Waals surface area (Å²) in [6.07, 6.45) is 0.276. The Balaban J connectivity index is 1.93. The molecule has 2 nitrogen and oxygen atoms in total. The molecule has 2 aromatic carbocycles. The van der Waals surface area contributed by atoms with E-state index in [-0.39, 0.29) is 18.0 Å². The van der Waals surface area contributed by atoms with E-state index in [0.29, 0.717) is 18.1 Å². The van der Waals surface area contributed by atoms with Gasteiger partial charge in [-0.15, -0.1) is 0 Å².